The SMILES string of the molecule is CC(CCl)C(OP(=O)([O-])[O-])(C(C)CCl)C(OP(=O)(O)O)(C(C)CCl)C(C)CCl. The molecular weight excluding hydrogens is 500 g/mol. The first-order valence-corrected chi connectivity index (χ1v) is 13.4. The number of hydrogen-bond acceptors (Lipinski definition) is 6. The molecule has 0 spiro atoms. The highest BCUT2D eigenvalue weighted by Gasteiger charge is 2.66. The van der Waals surface area contributed by atoms with Gasteiger partial charge in [-0.15, -0.1) is 46.4 Å². The van der Waals surface area contributed by atoms with E-state index in [0.29, 0.717) is 0 Å². The number of hydrogen-bond donors (Lipinski definition) is 2. The van der Waals surface area contributed by atoms with Gasteiger partial charge in [0.05, 0.1) is 7.82 Å². The van der Waals surface area contributed by atoms with Crippen molar-refractivity contribution < 1.29 is 37.8 Å². The summed E-state index contributed by atoms with van der Waals surface area (Å²) in [4.78, 5) is 42.9. The van der Waals surface area contributed by atoms with Crippen LogP contribution in [0.25, 0.3) is 0 Å². The zero-order valence-corrected chi connectivity index (χ0v) is 20.7. The third kappa shape index (κ3) is 6.44. The Morgan fingerprint density at radius 2 is 1.00 bits per heavy atom. The zero-order valence-electron chi connectivity index (χ0n) is 15.9. The first kappa shape index (κ1) is 29.4. The summed E-state index contributed by atoms with van der Waals surface area (Å²) in [5, 5.41) is 0. The lowest BCUT2D eigenvalue weighted by molar-refractivity contribution is -0.364. The van der Waals surface area contributed by atoms with Crippen molar-refractivity contribution in [3.63, 3.8) is 0 Å². The van der Waals surface area contributed by atoms with Gasteiger partial charge in [-0.3, -0.25) is 4.52 Å². The number of rotatable bonds is 13. The van der Waals surface area contributed by atoms with Gasteiger partial charge in [0, 0.05) is 47.2 Å². The quantitative estimate of drug-likeness (QED) is 0.276. The monoisotopic (exact) mass is 524 g/mol. The van der Waals surface area contributed by atoms with Gasteiger partial charge in [0.2, 0.25) is 0 Å². The lowest BCUT2D eigenvalue weighted by Crippen LogP contribution is -2.71. The van der Waals surface area contributed by atoms with Crippen molar-refractivity contribution in [1.82, 2.24) is 0 Å². The van der Waals surface area contributed by atoms with Crippen molar-refractivity contribution >= 4 is 62.0 Å². The minimum absolute atomic E-state index is 0.224. The van der Waals surface area contributed by atoms with Crippen molar-refractivity contribution in [1.29, 1.82) is 0 Å². The third-order valence-corrected chi connectivity index (χ3v) is 7.92. The maximum absolute atomic E-state index is 12.0. The van der Waals surface area contributed by atoms with Gasteiger partial charge >= 0.3 is 7.82 Å². The second kappa shape index (κ2) is 11.3. The van der Waals surface area contributed by atoms with Crippen LogP contribution in [0.4, 0.5) is 0 Å². The first-order valence-electron chi connectivity index (χ1n) is 8.32. The largest absolute Gasteiger partial charge is 0.790 e. The molecule has 28 heavy (non-hydrogen) atoms. The van der Waals surface area contributed by atoms with Gasteiger partial charge in [-0.25, -0.2) is 4.57 Å². The van der Waals surface area contributed by atoms with Gasteiger partial charge in [0.25, 0.3) is 0 Å². The summed E-state index contributed by atoms with van der Waals surface area (Å²) in [5.41, 5.74) is -4.29. The molecule has 2 N–H and O–H groups in total. The molecule has 0 amide bonds. The fraction of sp³-hybridized carbons (Fsp3) is 1.00. The average molecular weight is 526 g/mol. The Morgan fingerprint density at radius 3 is 1.18 bits per heavy atom. The molecule has 0 aromatic rings. The maximum Gasteiger partial charge on any atom is 0.470 e. The van der Waals surface area contributed by atoms with E-state index in [0.717, 1.165) is 0 Å². The Kier molecular flexibility index (Phi) is 11.9. The minimum Gasteiger partial charge on any atom is -0.790 e. The van der Waals surface area contributed by atoms with Gasteiger partial charge in [-0.05, 0) is 0 Å². The highest BCUT2D eigenvalue weighted by atomic mass is 35.5. The van der Waals surface area contributed by atoms with Gasteiger partial charge in [-0.2, -0.15) is 0 Å². The van der Waals surface area contributed by atoms with Gasteiger partial charge in [0.15, 0.2) is 0 Å². The molecule has 8 nitrogen and oxygen atoms in total. The molecule has 4 unspecified atom stereocenters. The van der Waals surface area contributed by atoms with Gasteiger partial charge in [0.1, 0.15) is 11.2 Å². The summed E-state index contributed by atoms with van der Waals surface area (Å²) in [5.74, 6) is -4.70. The van der Waals surface area contributed by atoms with Gasteiger partial charge < -0.3 is 28.7 Å². The van der Waals surface area contributed by atoms with Crippen molar-refractivity contribution in [2.45, 2.75) is 38.9 Å². The van der Waals surface area contributed by atoms with Crippen LogP contribution < -0.4 is 9.79 Å². The molecule has 0 bridgehead atoms. The predicted molar refractivity (Wildman–Crippen MR) is 107 cm³/mol. The average Bonchev–Trinajstić information content (AvgIpc) is 2.59. The molecule has 0 saturated heterocycles. The molecule has 0 fully saturated rings. The van der Waals surface area contributed by atoms with E-state index < -0.39 is 50.5 Å². The molecule has 0 aliphatic rings. The number of phosphoric acid groups is 2. The van der Waals surface area contributed by atoms with Crippen LogP contribution >= 0.6 is 62.0 Å². The predicted octanol–water partition coefficient (Wildman–Crippen LogP) is 2.92. The van der Waals surface area contributed by atoms with Crippen molar-refractivity contribution in [2.24, 2.45) is 23.7 Å². The van der Waals surface area contributed by atoms with E-state index >= 15 is 0 Å². The molecule has 0 rings (SSSR count). The lowest BCUT2D eigenvalue weighted by Gasteiger charge is -2.61. The molecule has 4 atom stereocenters. The summed E-state index contributed by atoms with van der Waals surface area (Å²) >= 11 is 24.0. The molecule has 0 aromatic heterocycles. The summed E-state index contributed by atoms with van der Waals surface area (Å²) < 4.78 is 34.1. The molecule has 0 aliphatic carbocycles. The van der Waals surface area contributed by atoms with E-state index in [9.17, 15) is 28.7 Å². The Morgan fingerprint density at radius 1 is 0.750 bits per heavy atom. The van der Waals surface area contributed by atoms with Crippen LogP contribution in [0.3, 0.4) is 0 Å². The highest BCUT2D eigenvalue weighted by molar-refractivity contribution is 7.46. The number of alkyl halides is 4. The molecule has 0 aliphatic heterocycles. The van der Waals surface area contributed by atoms with Crippen LogP contribution in [0.5, 0.6) is 0 Å². The Bertz CT molecular complexity index is 514. The molecule has 0 aromatic carbocycles. The van der Waals surface area contributed by atoms with E-state index in [1.54, 1.807) is 0 Å². The number of halogens is 4. The molecular formula is C14H26Cl4O8P2-2. The standard InChI is InChI=1S/C14H28Cl4O8P2/c1-9(5-15)13(10(2)6-16,25-27(19,20)21)14(11(3)7-17,12(4)8-18)26-28(22,23)24/h9-12H,5-8H2,1-4H3,(H2,19,20,21)(H2,22,23,24)/p-2. The zero-order chi connectivity index (χ0) is 22.6. The van der Waals surface area contributed by atoms with E-state index in [1.165, 1.54) is 27.7 Å². The number of phosphoric ester groups is 2. The van der Waals surface area contributed by atoms with E-state index in [1.807, 2.05) is 0 Å². The molecule has 0 radical (unpaired) electrons. The minimum atomic E-state index is -5.72. The van der Waals surface area contributed by atoms with Crippen LogP contribution in [0.2, 0.25) is 0 Å². The maximum atomic E-state index is 12.0. The van der Waals surface area contributed by atoms with Crippen molar-refractivity contribution in [2.75, 3.05) is 23.5 Å². The second-order valence-corrected chi connectivity index (χ2v) is 10.4. The van der Waals surface area contributed by atoms with Crippen molar-refractivity contribution in [3.05, 3.63) is 0 Å². The van der Waals surface area contributed by atoms with Crippen LogP contribution in [0.15, 0.2) is 0 Å². The Balaban J connectivity index is 7.41. The van der Waals surface area contributed by atoms with E-state index in [4.69, 9.17) is 55.5 Å². The third-order valence-electron chi connectivity index (χ3n) is 5.00. The van der Waals surface area contributed by atoms with Crippen LogP contribution in [0.1, 0.15) is 27.7 Å². The van der Waals surface area contributed by atoms with Crippen LogP contribution in [0, 0.1) is 23.7 Å². The normalized spacial score (nSPS) is 22.0. The van der Waals surface area contributed by atoms with E-state index in [2.05, 4.69) is 0 Å². The second-order valence-electron chi connectivity index (χ2n) is 6.93. The summed E-state index contributed by atoms with van der Waals surface area (Å²) in [6.45, 7) is 5.88. The summed E-state index contributed by atoms with van der Waals surface area (Å²) in [7, 11) is -11.0. The van der Waals surface area contributed by atoms with Crippen LogP contribution in [-0.4, -0.2) is 44.5 Å². The van der Waals surface area contributed by atoms with Crippen molar-refractivity contribution in [3.8, 4) is 0 Å². The fourth-order valence-electron chi connectivity index (χ4n) is 3.85. The molecule has 14 heteroatoms. The summed E-state index contributed by atoms with van der Waals surface area (Å²) in [6.07, 6.45) is 0. The first-order chi connectivity index (χ1) is 12.6. The smallest absolute Gasteiger partial charge is 0.470 e. The Labute approximate surface area is 185 Å². The molecule has 170 valence electrons. The fourth-order valence-corrected chi connectivity index (χ4v) is 6.54. The van der Waals surface area contributed by atoms with Crippen LogP contribution in [-0.2, 0) is 18.2 Å². The van der Waals surface area contributed by atoms with E-state index in [-0.39, 0.29) is 23.5 Å². The molecule has 0 heterocycles. The molecule has 0 saturated carbocycles. The highest BCUT2D eigenvalue weighted by Crippen LogP contribution is 2.60. The summed E-state index contributed by atoms with van der Waals surface area (Å²) in [6, 6.07) is 0. The lowest BCUT2D eigenvalue weighted by atomic mass is 9.59. The Hall–Kier alpha value is 1.38. The topological polar surface area (TPSA) is 139 Å². The van der Waals surface area contributed by atoms with Gasteiger partial charge in [-0.1, -0.05) is 27.7 Å².